The molecule has 0 aromatic heterocycles. The van der Waals surface area contributed by atoms with Crippen LogP contribution in [-0.4, -0.2) is 18.3 Å². The van der Waals surface area contributed by atoms with Gasteiger partial charge in [0.25, 0.3) is 0 Å². The summed E-state index contributed by atoms with van der Waals surface area (Å²) in [5, 5.41) is 3.59. The average Bonchev–Trinajstić information content (AvgIpc) is 2.98. The fourth-order valence-corrected chi connectivity index (χ4v) is 5.33. The number of Topliss-reactive ketones (excluding diaryl/α,β-unsaturated/α-hetero) is 1. The summed E-state index contributed by atoms with van der Waals surface area (Å²) in [5.41, 5.74) is 4.09. The molecular formula is C31H40N2O3. The minimum atomic E-state index is -0.497. The van der Waals surface area contributed by atoms with Gasteiger partial charge in [-0.15, -0.1) is 0 Å². The summed E-state index contributed by atoms with van der Waals surface area (Å²) in [6.07, 6.45) is 6.60. The number of hydrogen-bond donors (Lipinski definition) is 1. The minimum absolute atomic E-state index is 0.0476. The predicted octanol–water partition coefficient (Wildman–Crippen LogP) is 7.59. The number of nitrogens with one attached hydrogen (secondary N) is 1. The zero-order valence-electron chi connectivity index (χ0n) is 22.2. The topological polar surface area (TPSA) is 58.6 Å². The van der Waals surface area contributed by atoms with Crippen molar-refractivity contribution < 1.29 is 14.3 Å². The van der Waals surface area contributed by atoms with Gasteiger partial charge >= 0.3 is 0 Å². The molecule has 1 amide bonds. The Morgan fingerprint density at radius 3 is 2.58 bits per heavy atom. The number of benzene rings is 2. The third-order valence-corrected chi connectivity index (χ3v) is 7.10. The second kappa shape index (κ2) is 11.3. The Morgan fingerprint density at radius 2 is 1.81 bits per heavy atom. The summed E-state index contributed by atoms with van der Waals surface area (Å²) >= 11 is 0. The van der Waals surface area contributed by atoms with E-state index in [2.05, 4.69) is 33.0 Å². The summed E-state index contributed by atoms with van der Waals surface area (Å²) in [7, 11) is 0. The second-order valence-corrected chi connectivity index (χ2v) is 10.9. The van der Waals surface area contributed by atoms with E-state index in [1.165, 1.54) is 0 Å². The van der Waals surface area contributed by atoms with Gasteiger partial charge in [-0.25, -0.2) is 0 Å². The molecule has 0 saturated carbocycles. The number of rotatable bonds is 9. The number of carbonyl (C=O) groups is 2. The molecule has 1 heterocycles. The van der Waals surface area contributed by atoms with E-state index in [1.54, 1.807) is 0 Å². The first-order chi connectivity index (χ1) is 17.3. The van der Waals surface area contributed by atoms with Crippen molar-refractivity contribution in [3.63, 3.8) is 0 Å². The SMILES string of the molecule is CCCCCC(=O)N1c2ccccc2NC2=C(C(=O)CC(C)(C)C2)[C@H]1c1cccc(OCCCC)c1. The molecule has 0 saturated heterocycles. The van der Waals surface area contributed by atoms with E-state index in [0.29, 0.717) is 25.0 Å². The van der Waals surface area contributed by atoms with Gasteiger partial charge in [-0.05, 0) is 54.5 Å². The standard InChI is InChI=1S/C31H40N2O3/c1-5-7-9-17-28(35)33-26-16-11-10-15-24(26)32-25-20-31(3,4)21-27(34)29(25)30(33)22-13-12-14-23(19-22)36-18-8-6-2/h10-16,19,30,32H,5-9,17-18,20-21H2,1-4H3/t30-/m1/s1. The Bertz CT molecular complexity index is 1130. The number of amides is 1. The number of ether oxygens (including phenoxy) is 1. The lowest BCUT2D eigenvalue weighted by atomic mass is 9.73. The largest absolute Gasteiger partial charge is 0.494 e. The molecule has 0 radical (unpaired) electrons. The van der Waals surface area contributed by atoms with Gasteiger partial charge in [-0.1, -0.05) is 71.2 Å². The number of ketones is 1. The summed E-state index contributed by atoms with van der Waals surface area (Å²) in [6, 6.07) is 15.4. The zero-order valence-corrected chi connectivity index (χ0v) is 22.2. The highest BCUT2D eigenvalue weighted by Crippen LogP contribution is 2.48. The first-order valence-electron chi connectivity index (χ1n) is 13.5. The van der Waals surface area contributed by atoms with Crippen LogP contribution in [0, 0.1) is 5.41 Å². The molecule has 0 unspecified atom stereocenters. The first-order valence-corrected chi connectivity index (χ1v) is 13.5. The maximum absolute atomic E-state index is 13.9. The molecule has 1 atom stereocenters. The van der Waals surface area contributed by atoms with Crippen LogP contribution in [0.15, 0.2) is 59.8 Å². The summed E-state index contributed by atoms with van der Waals surface area (Å²) < 4.78 is 6.03. The Balaban J connectivity index is 1.87. The molecular weight excluding hydrogens is 448 g/mol. The van der Waals surface area contributed by atoms with E-state index >= 15 is 0 Å². The highest BCUT2D eigenvalue weighted by Gasteiger charge is 2.43. The third kappa shape index (κ3) is 5.66. The second-order valence-electron chi connectivity index (χ2n) is 10.9. The van der Waals surface area contributed by atoms with E-state index < -0.39 is 6.04 Å². The monoisotopic (exact) mass is 488 g/mol. The van der Waals surface area contributed by atoms with Crippen LogP contribution in [0.3, 0.4) is 0 Å². The Kier molecular flexibility index (Phi) is 8.17. The van der Waals surface area contributed by atoms with Gasteiger partial charge in [-0.2, -0.15) is 0 Å². The van der Waals surface area contributed by atoms with Crippen molar-refractivity contribution in [2.24, 2.45) is 5.41 Å². The number of fused-ring (bicyclic) bond motifs is 1. The average molecular weight is 489 g/mol. The molecule has 1 N–H and O–H groups in total. The van der Waals surface area contributed by atoms with Crippen molar-refractivity contribution in [2.75, 3.05) is 16.8 Å². The lowest BCUT2D eigenvalue weighted by Gasteiger charge is -2.37. The number of unbranched alkanes of at least 4 members (excludes halogenated alkanes) is 3. The quantitative estimate of drug-likeness (QED) is 0.369. The van der Waals surface area contributed by atoms with Crippen LogP contribution < -0.4 is 15.0 Å². The van der Waals surface area contributed by atoms with Crippen LogP contribution in [0.1, 0.15) is 90.7 Å². The van der Waals surface area contributed by atoms with Crippen LogP contribution in [0.2, 0.25) is 0 Å². The van der Waals surface area contributed by atoms with Crippen LogP contribution in [0.4, 0.5) is 11.4 Å². The molecule has 2 aromatic carbocycles. The highest BCUT2D eigenvalue weighted by molar-refractivity contribution is 6.06. The first kappa shape index (κ1) is 26.0. The van der Waals surface area contributed by atoms with Crippen molar-refractivity contribution in [1.82, 2.24) is 0 Å². The predicted molar refractivity (Wildman–Crippen MR) is 146 cm³/mol. The number of carbonyl (C=O) groups excluding carboxylic acids is 2. The van der Waals surface area contributed by atoms with Crippen LogP contribution in [0.25, 0.3) is 0 Å². The lowest BCUT2D eigenvalue weighted by Crippen LogP contribution is -2.39. The molecule has 36 heavy (non-hydrogen) atoms. The van der Waals surface area contributed by atoms with E-state index in [4.69, 9.17) is 4.74 Å². The van der Waals surface area contributed by atoms with Gasteiger partial charge in [0.05, 0.1) is 24.0 Å². The minimum Gasteiger partial charge on any atom is -0.494 e. The zero-order chi connectivity index (χ0) is 25.7. The van der Waals surface area contributed by atoms with Crippen molar-refractivity contribution in [3.05, 3.63) is 65.4 Å². The van der Waals surface area contributed by atoms with Crippen molar-refractivity contribution in [1.29, 1.82) is 0 Å². The maximum Gasteiger partial charge on any atom is 0.227 e. The number of anilines is 2. The number of hydrogen-bond acceptors (Lipinski definition) is 4. The van der Waals surface area contributed by atoms with E-state index in [9.17, 15) is 9.59 Å². The number of nitrogens with zero attached hydrogens (tertiary/aromatic N) is 1. The fraction of sp³-hybridized carbons (Fsp3) is 0.484. The summed E-state index contributed by atoms with van der Waals surface area (Å²) in [5.74, 6) is 0.928. The van der Waals surface area contributed by atoms with Gasteiger partial charge in [0.1, 0.15) is 5.75 Å². The van der Waals surface area contributed by atoms with Gasteiger partial charge in [-0.3, -0.25) is 14.5 Å². The van der Waals surface area contributed by atoms with Gasteiger partial charge in [0.15, 0.2) is 5.78 Å². The maximum atomic E-state index is 13.9. The molecule has 5 heteroatoms. The molecule has 1 aliphatic heterocycles. The Morgan fingerprint density at radius 1 is 1.03 bits per heavy atom. The van der Waals surface area contributed by atoms with E-state index in [1.807, 2.05) is 53.4 Å². The van der Waals surface area contributed by atoms with E-state index in [0.717, 1.165) is 66.9 Å². The normalized spacial score (nSPS) is 18.7. The smallest absolute Gasteiger partial charge is 0.227 e. The molecule has 2 aromatic rings. The van der Waals surface area contributed by atoms with Crippen LogP contribution in [-0.2, 0) is 9.59 Å². The molecule has 0 fully saturated rings. The van der Waals surface area contributed by atoms with Gasteiger partial charge in [0.2, 0.25) is 5.91 Å². The molecule has 2 aliphatic rings. The van der Waals surface area contributed by atoms with Crippen LogP contribution >= 0.6 is 0 Å². The molecule has 4 rings (SSSR count). The number of allylic oxidation sites excluding steroid dienone is 1. The molecule has 0 bridgehead atoms. The molecule has 1 aliphatic carbocycles. The van der Waals surface area contributed by atoms with Crippen molar-refractivity contribution in [2.45, 2.75) is 85.1 Å². The van der Waals surface area contributed by atoms with Gasteiger partial charge in [0, 0.05) is 24.1 Å². The Labute approximate surface area is 215 Å². The van der Waals surface area contributed by atoms with Crippen LogP contribution in [0.5, 0.6) is 5.75 Å². The highest BCUT2D eigenvalue weighted by atomic mass is 16.5. The molecule has 0 spiro atoms. The molecule has 5 nitrogen and oxygen atoms in total. The van der Waals surface area contributed by atoms with Crippen molar-refractivity contribution in [3.8, 4) is 5.75 Å². The van der Waals surface area contributed by atoms with E-state index in [-0.39, 0.29) is 17.1 Å². The summed E-state index contributed by atoms with van der Waals surface area (Å²) in [6.45, 7) is 9.20. The fourth-order valence-electron chi connectivity index (χ4n) is 5.33. The van der Waals surface area contributed by atoms with Gasteiger partial charge < -0.3 is 10.1 Å². The Hall–Kier alpha value is -3.08. The number of para-hydroxylation sites is 2. The lowest BCUT2D eigenvalue weighted by molar-refractivity contribution is -0.119. The molecule has 192 valence electrons. The third-order valence-electron chi connectivity index (χ3n) is 7.10. The van der Waals surface area contributed by atoms with Crippen molar-refractivity contribution >= 4 is 23.1 Å². The summed E-state index contributed by atoms with van der Waals surface area (Å²) in [4.78, 5) is 29.6.